The van der Waals surface area contributed by atoms with Crippen molar-refractivity contribution in [3.05, 3.63) is 164 Å². The zero-order valence-corrected chi connectivity index (χ0v) is 24.5. The standard InChI is InChI=1S/C42H29N3/c1-4-12-28(13-5-1)34-24-29(20-22-39(34)43-31-14-6-2-7-15-31)30-21-23-41-36(25-30)37-26-35-33-18-10-11-19-38(33)44-40(35)27-42(37)45(41)32-16-8-3-9-17-32/h1-27,43-44H. The Kier molecular flexibility index (Phi) is 5.82. The molecule has 0 amide bonds. The second-order valence-electron chi connectivity index (χ2n) is 11.6. The molecule has 2 heterocycles. The molecule has 9 aromatic rings. The molecule has 0 fully saturated rings. The number of aromatic amines is 1. The lowest BCUT2D eigenvalue weighted by Crippen LogP contribution is -1.94. The molecule has 3 nitrogen and oxygen atoms in total. The highest BCUT2D eigenvalue weighted by molar-refractivity contribution is 6.18. The van der Waals surface area contributed by atoms with Crippen LogP contribution in [0.25, 0.3) is 71.6 Å². The van der Waals surface area contributed by atoms with Crippen LogP contribution in [0.1, 0.15) is 0 Å². The molecule has 212 valence electrons. The third-order valence-electron chi connectivity index (χ3n) is 8.90. The number of para-hydroxylation sites is 3. The predicted molar refractivity (Wildman–Crippen MR) is 191 cm³/mol. The van der Waals surface area contributed by atoms with Crippen molar-refractivity contribution in [3.8, 4) is 27.9 Å². The number of hydrogen-bond donors (Lipinski definition) is 2. The Labute approximate surface area is 261 Å². The number of fused-ring (bicyclic) bond motifs is 6. The van der Waals surface area contributed by atoms with Gasteiger partial charge in [0.1, 0.15) is 0 Å². The molecule has 9 rings (SSSR count). The van der Waals surface area contributed by atoms with Crippen molar-refractivity contribution in [2.75, 3.05) is 5.32 Å². The maximum absolute atomic E-state index is 3.66. The van der Waals surface area contributed by atoms with Crippen LogP contribution in [0.15, 0.2) is 164 Å². The number of benzene rings is 7. The average molecular weight is 576 g/mol. The summed E-state index contributed by atoms with van der Waals surface area (Å²) in [7, 11) is 0. The molecule has 7 aromatic carbocycles. The van der Waals surface area contributed by atoms with Crippen LogP contribution >= 0.6 is 0 Å². The number of nitrogens with one attached hydrogen (secondary N) is 2. The molecule has 0 atom stereocenters. The van der Waals surface area contributed by atoms with Gasteiger partial charge in [-0.15, -0.1) is 0 Å². The van der Waals surface area contributed by atoms with E-state index in [4.69, 9.17) is 0 Å². The third-order valence-corrected chi connectivity index (χ3v) is 8.90. The summed E-state index contributed by atoms with van der Waals surface area (Å²) >= 11 is 0. The minimum absolute atomic E-state index is 1.07. The van der Waals surface area contributed by atoms with Gasteiger partial charge in [0, 0.05) is 55.2 Å². The fourth-order valence-corrected chi connectivity index (χ4v) is 6.76. The molecule has 2 aromatic heterocycles. The fraction of sp³-hybridized carbons (Fsp3) is 0. The summed E-state index contributed by atoms with van der Waals surface area (Å²) in [6, 6.07) is 58.6. The van der Waals surface area contributed by atoms with Gasteiger partial charge in [0.25, 0.3) is 0 Å². The zero-order chi connectivity index (χ0) is 29.7. The van der Waals surface area contributed by atoms with Crippen molar-refractivity contribution in [1.82, 2.24) is 9.55 Å². The molecule has 0 saturated carbocycles. The Morgan fingerprint density at radius 3 is 1.91 bits per heavy atom. The molecule has 0 aliphatic carbocycles. The minimum atomic E-state index is 1.07. The molecule has 3 heteroatoms. The smallest absolute Gasteiger partial charge is 0.0562 e. The number of H-pyrrole nitrogens is 1. The van der Waals surface area contributed by atoms with Crippen molar-refractivity contribution in [1.29, 1.82) is 0 Å². The van der Waals surface area contributed by atoms with Crippen LogP contribution in [0.3, 0.4) is 0 Å². The number of hydrogen-bond acceptors (Lipinski definition) is 1. The molecule has 0 bridgehead atoms. The zero-order valence-electron chi connectivity index (χ0n) is 24.5. The highest BCUT2D eigenvalue weighted by Gasteiger charge is 2.17. The molecule has 0 saturated heterocycles. The first-order valence-corrected chi connectivity index (χ1v) is 15.4. The molecule has 0 aliphatic rings. The molecule has 0 aliphatic heterocycles. The first-order valence-electron chi connectivity index (χ1n) is 15.4. The Balaban J connectivity index is 1.27. The normalized spacial score (nSPS) is 11.6. The first-order chi connectivity index (χ1) is 22.3. The van der Waals surface area contributed by atoms with Crippen LogP contribution in [-0.4, -0.2) is 9.55 Å². The van der Waals surface area contributed by atoms with Gasteiger partial charge in [0.15, 0.2) is 0 Å². The van der Waals surface area contributed by atoms with E-state index < -0.39 is 0 Å². The number of nitrogens with zero attached hydrogens (tertiary/aromatic N) is 1. The molecule has 45 heavy (non-hydrogen) atoms. The second kappa shape index (κ2) is 10.3. The summed E-state index contributed by atoms with van der Waals surface area (Å²) < 4.78 is 2.39. The second-order valence-corrected chi connectivity index (χ2v) is 11.6. The molecule has 0 radical (unpaired) electrons. The number of rotatable bonds is 5. The SMILES string of the molecule is c1ccc(Nc2ccc(-c3ccc4c(c3)c3cc5c(cc3n4-c3ccccc3)[nH]c3ccccc35)cc2-c2ccccc2)cc1. The summed E-state index contributed by atoms with van der Waals surface area (Å²) in [5, 5.41) is 8.64. The van der Waals surface area contributed by atoms with Gasteiger partial charge in [-0.1, -0.05) is 97.1 Å². The Hall–Kier alpha value is -6.06. The Bertz CT molecular complexity index is 2490. The highest BCUT2D eigenvalue weighted by atomic mass is 15.0. The third kappa shape index (κ3) is 4.29. The maximum atomic E-state index is 3.66. The van der Waals surface area contributed by atoms with Crippen molar-refractivity contribution < 1.29 is 0 Å². The van der Waals surface area contributed by atoms with Gasteiger partial charge in [-0.2, -0.15) is 0 Å². The van der Waals surface area contributed by atoms with E-state index in [0.717, 1.165) is 28.1 Å². The van der Waals surface area contributed by atoms with Gasteiger partial charge in [-0.25, -0.2) is 0 Å². The van der Waals surface area contributed by atoms with E-state index in [1.54, 1.807) is 0 Å². The summed E-state index contributed by atoms with van der Waals surface area (Å²) in [5.74, 6) is 0. The van der Waals surface area contributed by atoms with Crippen LogP contribution in [0.2, 0.25) is 0 Å². The largest absolute Gasteiger partial charge is 0.355 e. The number of aromatic nitrogens is 2. The Morgan fingerprint density at radius 2 is 1.09 bits per heavy atom. The van der Waals surface area contributed by atoms with E-state index in [2.05, 4.69) is 173 Å². The topological polar surface area (TPSA) is 32.8 Å². The van der Waals surface area contributed by atoms with E-state index in [-0.39, 0.29) is 0 Å². The van der Waals surface area contributed by atoms with Crippen molar-refractivity contribution in [2.45, 2.75) is 0 Å². The minimum Gasteiger partial charge on any atom is -0.355 e. The van der Waals surface area contributed by atoms with Crippen LogP contribution < -0.4 is 5.32 Å². The molecular formula is C42H29N3. The van der Waals surface area contributed by atoms with Crippen LogP contribution in [0.4, 0.5) is 11.4 Å². The van der Waals surface area contributed by atoms with Crippen molar-refractivity contribution in [2.24, 2.45) is 0 Å². The molecule has 2 N–H and O–H groups in total. The van der Waals surface area contributed by atoms with Crippen LogP contribution in [-0.2, 0) is 0 Å². The van der Waals surface area contributed by atoms with E-state index >= 15 is 0 Å². The van der Waals surface area contributed by atoms with Gasteiger partial charge in [0.2, 0.25) is 0 Å². The quantitative estimate of drug-likeness (QED) is 0.210. The van der Waals surface area contributed by atoms with Gasteiger partial charge >= 0.3 is 0 Å². The van der Waals surface area contributed by atoms with E-state index in [1.165, 1.54) is 54.8 Å². The summed E-state index contributed by atoms with van der Waals surface area (Å²) in [6.07, 6.45) is 0. The fourth-order valence-electron chi connectivity index (χ4n) is 6.76. The van der Waals surface area contributed by atoms with Crippen LogP contribution in [0.5, 0.6) is 0 Å². The van der Waals surface area contributed by atoms with Gasteiger partial charge in [-0.05, 0) is 83.4 Å². The van der Waals surface area contributed by atoms with E-state index in [9.17, 15) is 0 Å². The first kappa shape index (κ1) is 25.4. The summed E-state index contributed by atoms with van der Waals surface area (Å²) in [6.45, 7) is 0. The predicted octanol–water partition coefficient (Wildman–Crippen LogP) is 11.5. The lowest BCUT2D eigenvalue weighted by atomic mass is 9.96. The number of anilines is 2. The Morgan fingerprint density at radius 1 is 0.422 bits per heavy atom. The highest BCUT2D eigenvalue weighted by Crippen LogP contribution is 2.40. The van der Waals surface area contributed by atoms with E-state index in [1.807, 2.05) is 6.07 Å². The van der Waals surface area contributed by atoms with Gasteiger partial charge in [-0.3, -0.25) is 0 Å². The summed E-state index contributed by atoms with van der Waals surface area (Å²) in [5.41, 5.74) is 12.7. The summed E-state index contributed by atoms with van der Waals surface area (Å²) in [4.78, 5) is 3.66. The maximum Gasteiger partial charge on any atom is 0.0562 e. The molecular weight excluding hydrogens is 546 g/mol. The molecule has 0 unspecified atom stereocenters. The lowest BCUT2D eigenvalue weighted by molar-refractivity contribution is 1.18. The van der Waals surface area contributed by atoms with Crippen molar-refractivity contribution >= 4 is 55.0 Å². The monoisotopic (exact) mass is 575 g/mol. The van der Waals surface area contributed by atoms with Gasteiger partial charge < -0.3 is 14.9 Å². The lowest BCUT2D eigenvalue weighted by Gasteiger charge is -2.15. The molecule has 0 spiro atoms. The van der Waals surface area contributed by atoms with Crippen molar-refractivity contribution in [3.63, 3.8) is 0 Å². The van der Waals surface area contributed by atoms with E-state index in [0.29, 0.717) is 0 Å². The van der Waals surface area contributed by atoms with Crippen LogP contribution in [0, 0.1) is 0 Å². The van der Waals surface area contributed by atoms with Gasteiger partial charge in [0.05, 0.1) is 11.0 Å². The average Bonchev–Trinajstić information content (AvgIpc) is 3.63.